The van der Waals surface area contributed by atoms with Crippen LogP contribution in [0.1, 0.15) is 22.5 Å². The van der Waals surface area contributed by atoms with Crippen LogP contribution in [0.15, 0.2) is 42.5 Å². The van der Waals surface area contributed by atoms with E-state index in [4.69, 9.17) is 25.8 Å². The molecule has 2 heterocycles. The molecular weight excluding hydrogens is 398 g/mol. The Hall–Kier alpha value is -2.28. The van der Waals surface area contributed by atoms with E-state index in [0.717, 1.165) is 35.3 Å². The molecule has 0 aliphatic carbocycles. The molecule has 2 aromatic carbocycles. The van der Waals surface area contributed by atoms with Gasteiger partial charge in [0.15, 0.2) is 0 Å². The Bertz CT molecular complexity index is 997. The predicted molar refractivity (Wildman–Crippen MR) is 112 cm³/mol. The van der Waals surface area contributed by atoms with Gasteiger partial charge in [-0.1, -0.05) is 17.7 Å². The van der Waals surface area contributed by atoms with Crippen LogP contribution < -0.4 is 14.8 Å². The highest BCUT2D eigenvalue weighted by molar-refractivity contribution is 7.21. The smallest absolute Gasteiger partial charge is 0.267 e. The molecule has 0 saturated carbocycles. The normalized spacial score (nSPS) is 16.3. The number of benzene rings is 2. The number of fused-ring (bicyclic) bond motifs is 1. The summed E-state index contributed by atoms with van der Waals surface area (Å²) in [6, 6.07) is 12.9. The number of anilines is 1. The second-order valence-corrected chi connectivity index (χ2v) is 7.97. The van der Waals surface area contributed by atoms with E-state index < -0.39 is 0 Å². The van der Waals surface area contributed by atoms with Gasteiger partial charge in [-0.25, -0.2) is 0 Å². The first-order chi connectivity index (χ1) is 13.6. The highest BCUT2D eigenvalue weighted by Crippen LogP contribution is 2.37. The van der Waals surface area contributed by atoms with E-state index in [-0.39, 0.29) is 12.0 Å². The molecule has 146 valence electrons. The van der Waals surface area contributed by atoms with Gasteiger partial charge in [-0.05, 0) is 43.2 Å². The Kier molecular flexibility index (Phi) is 5.71. The van der Waals surface area contributed by atoms with E-state index in [9.17, 15) is 4.79 Å². The van der Waals surface area contributed by atoms with Crippen molar-refractivity contribution in [3.63, 3.8) is 0 Å². The van der Waals surface area contributed by atoms with Gasteiger partial charge in [0.05, 0.1) is 18.2 Å². The average molecular weight is 418 g/mol. The van der Waals surface area contributed by atoms with Gasteiger partial charge in [-0.2, -0.15) is 0 Å². The summed E-state index contributed by atoms with van der Waals surface area (Å²) in [6.45, 7) is 1.31. The Labute approximate surface area is 172 Å². The molecule has 0 spiro atoms. The van der Waals surface area contributed by atoms with Crippen molar-refractivity contribution in [2.45, 2.75) is 18.9 Å². The molecule has 5 nitrogen and oxygen atoms in total. The van der Waals surface area contributed by atoms with Gasteiger partial charge < -0.3 is 19.5 Å². The maximum Gasteiger partial charge on any atom is 0.267 e. The lowest BCUT2D eigenvalue weighted by Gasteiger charge is -2.12. The summed E-state index contributed by atoms with van der Waals surface area (Å²) < 4.78 is 17.5. The van der Waals surface area contributed by atoms with Crippen LogP contribution in [0, 0.1) is 0 Å². The molecule has 3 aromatic rings. The first-order valence-corrected chi connectivity index (χ1v) is 10.3. The first kappa shape index (κ1) is 19.1. The minimum Gasteiger partial charge on any atom is -0.497 e. The summed E-state index contributed by atoms with van der Waals surface area (Å²) in [4.78, 5) is 13.2. The van der Waals surface area contributed by atoms with Crippen molar-refractivity contribution in [1.82, 2.24) is 0 Å². The molecular formula is C21H20ClNO4S. The summed E-state index contributed by atoms with van der Waals surface area (Å²) >= 11 is 7.78. The number of nitrogens with one attached hydrogen (secondary N) is 1. The fourth-order valence-electron chi connectivity index (χ4n) is 3.13. The molecule has 1 N–H and O–H groups in total. The molecule has 0 radical (unpaired) electrons. The fourth-order valence-corrected chi connectivity index (χ4v) is 4.58. The number of methoxy groups -OCH3 is 1. The number of rotatable bonds is 6. The molecule has 4 rings (SSSR count). The number of thiophene rings is 1. The van der Waals surface area contributed by atoms with E-state index >= 15 is 0 Å². The van der Waals surface area contributed by atoms with Gasteiger partial charge in [0, 0.05) is 28.4 Å². The summed E-state index contributed by atoms with van der Waals surface area (Å²) in [5.74, 6) is 1.18. The van der Waals surface area contributed by atoms with Crippen LogP contribution in [0.4, 0.5) is 5.69 Å². The van der Waals surface area contributed by atoms with Crippen LogP contribution in [-0.2, 0) is 4.74 Å². The highest BCUT2D eigenvalue weighted by atomic mass is 35.5. The predicted octanol–water partition coefficient (Wildman–Crippen LogP) is 5.37. The zero-order valence-electron chi connectivity index (χ0n) is 15.4. The largest absolute Gasteiger partial charge is 0.497 e. The molecule has 28 heavy (non-hydrogen) atoms. The quantitative estimate of drug-likeness (QED) is 0.585. The lowest BCUT2D eigenvalue weighted by Crippen LogP contribution is -2.16. The van der Waals surface area contributed by atoms with Gasteiger partial charge >= 0.3 is 0 Å². The maximum atomic E-state index is 12.8. The first-order valence-electron chi connectivity index (χ1n) is 9.06. The minimum absolute atomic E-state index is 0.146. The van der Waals surface area contributed by atoms with Crippen molar-refractivity contribution in [3.05, 3.63) is 52.4 Å². The standard InChI is InChI=1S/C21H20ClNO4S/c1-25-14-7-8-17-18(11-14)28-20(19(17)22)21(24)23-13-4-2-5-15(10-13)27-12-16-6-3-9-26-16/h2,4-5,7-8,10-11,16H,3,6,9,12H2,1H3,(H,23,24). The maximum absolute atomic E-state index is 12.8. The molecule has 1 saturated heterocycles. The lowest BCUT2D eigenvalue weighted by molar-refractivity contribution is 0.0680. The monoisotopic (exact) mass is 417 g/mol. The molecule has 1 aliphatic rings. The summed E-state index contributed by atoms with van der Waals surface area (Å²) in [5, 5.41) is 4.19. The van der Waals surface area contributed by atoms with Crippen LogP contribution in [0.5, 0.6) is 11.5 Å². The van der Waals surface area contributed by atoms with Crippen LogP contribution >= 0.6 is 22.9 Å². The van der Waals surface area contributed by atoms with Crippen molar-refractivity contribution in [3.8, 4) is 11.5 Å². The number of ether oxygens (including phenoxy) is 3. The Morgan fingerprint density at radius 1 is 1.29 bits per heavy atom. The topological polar surface area (TPSA) is 56.8 Å². The van der Waals surface area contributed by atoms with Gasteiger partial charge in [0.2, 0.25) is 0 Å². The van der Waals surface area contributed by atoms with Crippen LogP contribution in [0.2, 0.25) is 5.02 Å². The fraction of sp³-hybridized carbons (Fsp3) is 0.286. The second-order valence-electron chi connectivity index (χ2n) is 6.54. The van der Waals surface area contributed by atoms with Crippen molar-refractivity contribution < 1.29 is 19.0 Å². The number of amides is 1. The van der Waals surface area contributed by atoms with E-state index in [0.29, 0.717) is 27.9 Å². The van der Waals surface area contributed by atoms with E-state index in [2.05, 4.69) is 5.32 Å². The number of carbonyl (C=O) groups excluding carboxylic acids is 1. The number of hydrogen-bond donors (Lipinski definition) is 1. The minimum atomic E-state index is -0.249. The second kappa shape index (κ2) is 8.39. The van der Waals surface area contributed by atoms with Gasteiger partial charge in [-0.3, -0.25) is 4.79 Å². The molecule has 1 fully saturated rings. The van der Waals surface area contributed by atoms with Crippen molar-refractivity contribution >= 4 is 44.6 Å². The molecule has 1 aliphatic heterocycles. The van der Waals surface area contributed by atoms with Gasteiger partial charge in [0.1, 0.15) is 23.0 Å². The van der Waals surface area contributed by atoms with Crippen molar-refractivity contribution in [2.75, 3.05) is 25.6 Å². The van der Waals surface area contributed by atoms with Gasteiger partial charge in [0.25, 0.3) is 5.91 Å². The third-order valence-electron chi connectivity index (χ3n) is 4.59. The Balaban J connectivity index is 1.48. The Morgan fingerprint density at radius 2 is 2.18 bits per heavy atom. The van der Waals surface area contributed by atoms with E-state index in [1.807, 2.05) is 36.4 Å². The lowest BCUT2D eigenvalue weighted by atomic mass is 10.2. The summed E-state index contributed by atoms with van der Waals surface area (Å²) in [6.07, 6.45) is 2.24. The van der Waals surface area contributed by atoms with E-state index in [1.165, 1.54) is 11.3 Å². The third-order valence-corrected chi connectivity index (χ3v) is 6.25. The zero-order chi connectivity index (χ0) is 19.5. The highest BCUT2D eigenvalue weighted by Gasteiger charge is 2.19. The SMILES string of the molecule is COc1ccc2c(Cl)c(C(=O)Nc3cccc(OCC4CCCO4)c3)sc2c1. The number of halogens is 1. The summed E-state index contributed by atoms with van der Waals surface area (Å²) in [7, 11) is 1.61. The molecule has 1 unspecified atom stereocenters. The zero-order valence-corrected chi connectivity index (χ0v) is 16.9. The van der Waals surface area contributed by atoms with E-state index in [1.54, 1.807) is 13.2 Å². The molecule has 7 heteroatoms. The third kappa shape index (κ3) is 4.09. The molecule has 0 bridgehead atoms. The van der Waals surface area contributed by atoms with Crippen molar-refractivity contribution in [1.29, 1.82) is 0 Å². The van der Waals surface area contributed by atoms with Crippen LogP contribution in [0.25, 0.3) is 10.1 Å². The van der Waals surface area contributed by atoms with Crippen LogP contribution in [0.3, 0.4) is 0 Å². The molecule has 1 amide bonds. The molecule has 1 atom stereocenters. The number of carbonyl (C=O) groups is 1. The van der Waals surface area contributed by atoms with Crippen LogP contribution in [-0.4, -0.2) is 32.3 Å². The summed E-state index contributed by atoms with van der Waals surface area (Å²) in [5.41, 5.74) is 0.654. The molecule has 1 aromatic heterocycles. The number of hydrogen-bond acceptors (Lipinski definition) is 5. The van der Waals surface area contributed by atoms with Crippen molar-refractivity contribution in [2.24, 2.45) is 0 Å². The average Bonchev–Trinajstić information content (AvgIpc) is 3.34. The Morgan fingerprint density at radius 3 is 2.96 bits per heavy atom. The van der Waals surface area contributed by atoms with Gasteiger partial charge in [-0.15, -0.1) is 11.3 Å².